The van der Waals surface area contributed by atoms with Gasteiger partial charge in [0.25, 0.3) is 0 Å². The van der Waals surface area contributed by atoms with Crippen molar-refractivity contribution in [3.8, 4) is 89.5 Å². The molecule has 0 aliphatic heterocycles. The van der Waals surface area contributed by atoms with Gasteiger partial charge in [0.1, 0.15) is 72.9 Å². The SMILES string of the molecule is [C-]#[N+]c1ccc2c(oc3ccc(C)c(-c4cc(C(C)C)cc[n+]4C)c32)c1-c1ccccc1.[C-]#[N+]c1ccc2c(oc3ccc(C)c(-c4cc(C)cc[n+]4C)c32)c1-c1ccccc1.[C-]#[N+]c1ccc2c(oc3ccc(C)c(-c4ccc(C(C)C)c[n+]4C)c32)c1-c1ccccc1.[C-]#[N+]c1ccc2c(oc3ccc(C)c(-c4ccc(C)c[n+]4C)c32)c1-c1ccccc1. The van der Waals surface area contributed by atoms with E-state index in [1.54, 1.807) is 0 Å². The minimum absolute atomic E-state index is 0.446. The molecule has 0 saturated carbocycles. The van der Waals surface area contributed by atoms with E-state index in [1.165, 1.54) is 66.8 Å². The number of aryl methyl sites for hydroxylation is 10. The Morgan fingerprint density at radius 1 is 0.258 bits per heavy atom. The number of rotatable bonds is 10. The Hall–Kier alpha value is -15.6. The zero-order chi connectivity index (χ0) is 86.5. The van der Waals surface area contributed by atoms with Gasteiger partial charge in [0.2, 0.25) is 22.8 Å². The number of aromatic nitrogens is 4. The fraction of sp³-hybridized carbons (Fsp3) is 0.143. The summed E-state index contributed by atoms with van der Waals surface area (Å²) >= 11 is 0. The molecule has 0 fully saturated rings. The van der Waals surface area contributed by atoms with Crippen LogP contribution in [0.1, 0.15) is 84.0 Å². The molecule has 124 heavy (non-hydrogen) atoms. The highest BCUT2D eigenvalue weighted by atomic mass is 16.3. The van der Waals surface area contributed by atoms with Crippen LogP contribution in [0.2, 0.25) is 0 Å². The number of hydrogen-bond donors (Lipinski definition) is 0. The molecule has 12 nitrogen and oxygen atoms in total. The molecular weight excluding hydrogens is 1520 g/mol. The van der Waals surface area contributed by atoms with Crippen LogP contribution in [0.25, 0.3) is 197 Å². The summed E-state index contributed by atoms with van der Waals surface area (Å²) in [5.41, 5.74) is 35.4. The number of nitrogens with zero attached hydrogens (tertiary/aromatic N) is 8. The van der Waals surface area contributed by atoms with Crippen molar-refractivity contribution in [2.45, 2.75) is 81.1 Å². The highest BCUT2D eigenvalue weighted by Gasteiger charge is 2.30. The third-order valence-corrected chi connectivity index (χ3v) is 24.0. The lowest BCUT2D eigenvalue weighted by Crippen LogP contribution is -2.31. The van der Waals surface area contributed by atoms with E-state index in [4.69, 9.17) is 44.0 Å². The molecule has 12 aromatic carbocycles. The second-order valence-electron chi connectivity index (χ2n) is 32.8. The van der Waals surface area contributed by atoms with E-state index in [1.807, 2.05) is 194 Å². The Kier molecular flexibility index (Phi) is 21.9. The molecule has 8 heterocycles. The first-order chi connectivity index (χ1) is 60.1. The first-order valence-electron chi connectivity index (χ1n) is 41.8. The van der Waals surface area contributed by atoms with Gasteiger partial charge in [-0.15, -0.1) is 0 Å². The molecule has 8 aromatic heterocycles. The molecule has 0 bridgehead atoms. The van der Waals surface area contributed by atoms with Gasteiger partial charge < -0.3 is 17.7 Å². The number of hydrogen-bond acceptors (Lipinski definition) is 4. The monoisotopic (exact) mass is 1610 g/mol. The molecule has 0 N–H and O–H groups in total. The summed E-state index contributed by atoms with van der Waals surface area (Å²) in [6.07, 6.45) is 8.59. The summed E-state index contributed by atoms with van der Waals surface area (Å²) < 4.78 is 34.4. The first kappa shape index (κ1) is 80.8. The summed E-state index contributed by atoms with van der Waals surface area (Å²) in [7, 11) is 8.35. The number of furan rings is 4. The molecule has 0 unspecified atom stereocenters. The minimum Gasteiger partial charge on any atom is -0.457 e. The summed E-state index contributed by atoms with van der Waals surface area (Å²) in [4.78, 5) is 15.1. The number of benzene rings is 12. The highest BCUT2D eigenvalue weighted by Crippen LogP contribution is 2.51. The molecule has 20 rings (SSSR count). The predicted octanol–water partition coefficient (Wildman–Crippen LogP) is 29.3. The van der Waals surface area contributed by atoms with Gasteiger partial charge in [-0.1, -0.05) is 222 Å². The zero-order valence-electron chi connectivity index (χ0n) is 72.1. The molecule has 0 amide bonds. The molecule has 0 aliphatic rings. The number of fused-ring (bicyclic) bond motifs is 12. The maximum Gasteiger partial charge on any atom is 0.213 e. The second-order valence-corrected chi connectivity index (χ2v) is 32.8. The molecule has 0 aliphatic carbocycles. The first-order valence-corrected chi connectivity index (χ1v) is 41.8. The summed E-state index contributed by atoms with van der Waals surface area (Å²) in [5.74, 6) is 0.920. The van der Waals surface area contributed by atoms with E-state index in [2.05, 4.69) is 233 Å². The Morgan fingerprint density at radius 3 is 0.863 bits per heavy atom. The van der Waals surface area contributed by atoms with Gasteiger partial charge in [0.05, 0.1) is 48.5 Å². The van der Waals surface area contributed by atoms with E-state index in [0.29, 0.717) is 34.6 Å². The standard InChI is InChI=1S/2C29H25N2O.2C27H21N2O/c1-18(2)21-12-15-24(31(5)17-21)26-19(3)11-16-25-28(26)22-13-14-23(30-4)27(29(22)32-25)20-9-7-6-8-10-20;1-18(2)21-15-16-31(5)24(17-21)26-19(3)11-14-25-28(26)22-12-13-23(30-4)27(29(22)32-25)20-9-7-6-8-10-20;1-17-10-14-22(29(4)16-17)24-18(2)11-15-23-26(24)20-12-13-21(28-3)25(27(20)30-23)19-8-6-5-7-9-19;1-17-14-15-29(4)22(16-17)24-18(2)10-13-23-26(24)20-11-12-21(28-3)25(27(20)30-23)19-8-6-5-7-9-19/h2*6-18H,1-3,5H3;2*5-16H,1-2,4H3/q4*+1. The van der Waals surface area contributed by atoms with Crippen molar-refractivity contribution in [2.75, 3.05) is 0 Å². The molecule has 20 aromatic rings. The molecule has 0 radical (unpaired) electrons. The Morgan fingerprint density at radius 2 is 0.556 bits per heavy atom. The van der Waals surface area contributed by atoms with Gasteiger partial charge in [-0.2, -0.15) is 0 Å². The Bertz CT molecular complexity index is 7830. The molecular formula is C112H92N8O4+4. The topological polar surface area (TPSA) is 85.5 Å². The lowest BCUT2D eigenvalue weighted by molar-refractivity contribution is -0.660. The van der Waals surface area contributed by atoms with Crippen molar-refractivity contribution in [1.82, 2.24) is 0 Å². The van der Waals surface area contributed by atoms with Gasteiger partial charge in [0.15, 0.2) is 47.5 Å². The lowest BCUT2D eigenvalue weighted by Gasteiger charge is -2.10. The summed E-state index contributed by atoms with van der Waals surface area (Å²) in [6, 6.07) is 90.1. The molecule has 0 atom stereocenters. The Balaban J connectivity index is 0.000000117. The van der Waals surface area contributed by atoms with Gasteiger partial charge >= 0.3 is 0 Å². The van der Waals surface area contributed by atoms with Gasteiger partial charge in [-0.3, -0.25) is 0 Å². The van der Waals surface area contributed by atoms with Crippen LogP contribution in [0.15, 0.2) is 309 Å². The predicted molar refractivity (Wildman–Crippen MR) is 505 cm³/mol. The largest absolute Gasteiger partial charge is 0.457 e. The molecule has 0 spiro atoms. The van der Waals surface area contributed by atoms with Crippen LogP contribution in [0.4, 0.5) is 22.7 Å². The van der Waals surface area contributed by atoms with Crippen LogP contribution in [0, 0.1) is 67.8 Å². The second kappa shape index (κ2) is 33.5. The van der Waals surface area contributed by atoms with Crippen LogP contribution in [0.5, 0.6) is 0 Å². The highest BCUT2D eigenvalue weighted by molar-refractivity contribution is 6.21. The van der Waals surface area contributed by atoms with Crippen molar-refractivity contribution in [3.63, 3.8) is 0 Å². The average molecular weight is 1610 g/mol. The van der Waals surface area contributed by atoms with Crippen LogP contribution >= 0.6 is 0 Å². The van der Waals surface area contributed by atoms with Crippen molar-refractivity contribution < 1.29 is 35.9 Å². The van der Waals surface area contributed by atoms with E-state index in [-0.39, 0.29) is 0 Å². The van der Waals surface area contributed by atoms with Crippen molar-refractivity contribution in [3.05, 3.63) is 382 Å². The Labute approximate surface area is 722 Å². The summed E-state index contributed by atoms with van der Waals surface area (Å²) in [5, 5.41) is 8.55. The third-order valence-electron chi connectivity index (χ3n) is 24.0. The van der Waals surface area contributed by atoms with E-state index in [0.717, 1.165) is 155 Å². The normalized spacial score (nSPS) is 11.3. The van der Waals surface area contributed by atoms with Crippen LogP contribution in [0.3, 0.4) is 0 Å². The summed E-state index contributed by atoms with van der Waals surface area (Å²) in [6.45, 7) is 52.5. The smallest absolute Gasteiger partial charge is 0.213 e. The fourth-order valence-electron chi connectivity index (χ4n) is 17.7. The lowest BCUT2D eigenvalue weighted by atomic mass is 9.94. The van der Waals surface area contributed by atoms with E-state index < -0.39 is 0 Å². The molecule has 600 valence electrons. The van der Waals surface area contributed by atoms with Crippen molar-refractivity contribution in [1.29, 1.82) is 0 Å². The van der Waals surface area contributed by atoms with Crippen LogP contribution < -0.4 is 18.3 Å². The molecule has 12 heteroatoms. The van der Waals surface area contributed by atoms with Gasteiger partial charge in [0, 0.05) is 113 Å². The van der Waals surface area contributed by atoms with E-state index in [9.17, 15) is 0 Å². The molecule has 0 saturated heterocycles. The quantitative estimate of drug-likeness (QED) is 0.101. The van der Waals surface area contributed by atoms with Gasteiger partial charge in [-0.25, -0.2) is 37.6 Å². The van der Waals surface area contributed by atoms with E-state index >= 15 is 0 Å². The van der Waals surface area contributed by atoms with Gasteiger partial charge in [-0.05, 0) is 145 Å². The van der Waals surface area contributed by atoms with Crippen molar-refractivity contribution >= 4 is 111 Å². The number of pyridine rings is 4. The maximum absolute atomic E-state index is 7.73. The minimum atomic E-state index is 0.446. The van der Waals surface area contributed by atoms with Crippen molar-refractivity contribution in [2.24, 2.45) is 28.2 Å². The fourth-order valence-corrected chi connectivity index (χ4v) is 17.7. The van der Waals surface area contributed by atoms with Crippen LogP contribution in [-0.2, 0) is 28.2 Å². The average Bonchev–Trinajstić information content (AvgIpc) is 1.61. The zero-order valence-corrected chi connectivity index (χ0v) is 72.1. The van der Waals surface area contributed by atoms with Crippen LogP contribution in [-0.4, -0.2) is 0 Å². The third kappa shape index (κ3) is 14.6. The maximum atomic E-state index is 7.73.